The monoisotopic (exact) mass is 430 g/mol. The molecule has 4 rings (SSSR count). The number of fused-ring (bicyclic) bond motifs is 1. The van der Waals surface area contributed by atoms with Gasteiger partial charge in [0, 0.05) is 37.8 Å². The van der Waals surface area contributed by atoms with Crippen molar-refractivity contribution in [2.24, 2.45) is 0 Å². The molecule has 0 atom stereocenters. The third-order valence-corrected chi connectivity index (χ3v) is 5.51. The summed E-state index contributed by atoms with van der Waals surface area (Å²) in [4.78, 5) is 17.2. The highest BCUT2D eigenvalue weighted by Gasteiger charge is 2.21. The van der Waals surface area contributed by atoms with Crippen LogP contribution in [0.2, 0.25) is 5.02 Å². The molecule has 8 nitrogen and oxygen atoms in total. The molecule has 1 aliphatic heterocycles. The molecule has 2 aromatic carbocycles. The summed E-state index contributed by atoms with van der Waals surface area (Å²) in [6, 6.07) is 11.0. The number of piperidine rings is 1. The Bertz CT molecular complexity index is 1050. The van der Waals surface area contributed by atoms with Gasteiger partial charge in [0.25, 0.3) is 11.7 Å². The Labute approximate surface area is 178 Å². The number of benzene rings is 2. The van der Waals surface area contributed by atoms with Crippen molar-refractivity contribution in [1.82, 2.24) is 9.88 Å². The summed E-state index contributed by atoms with van der Waals surface area (Å²) in [5.74, 6) is 0.726. The maximum Gasteiger partial charge on any atom is 0.295 e. The van der Waals surface area contributed by atoms with E-state index in [9.17, 15) is 10.1 Å². The lowest BCUT2D eigenvalue weighted by atomic mass is 10.0. The number of aromatic nitrogens is 1. The minimum atomic E-state index is -0.436. The van der Waals surface area contributed by atoms with Crippen LogP contribution < -0.4 is 10.1 Å². The summed E-state index contributed by atoms with van der Waals surface area (Å²) in [6.45, 7) is 5.25. The Morgan fingerprint density at radius 2 is 2.10 bits per heavy atom. The molecule has 1 fully saturated rings. The number of rotatable bonds is 7. The Morgan fingerprint density at radius 1 is 1.30 bits per heavy atom. The molecular weight excluding hydrogens is 408 g/mol. The van der Waals surface area contributed by atoms with Crippen LogP contribution in [0.1, 0.15) is 25.3 Å². The highest BCUT2D eigenvalue weighted by atomic mass is 35.5. The van der Waals surface area contributed by atoms with Gasteiger partial charge in [-0.2, -0.15) is 4.98 Å². The van der Waals surface area contributed by atoms with Gasteiger partial charge in [-0.1, -0.05) is 17.7 Å². The van der Waals surface area contributed by atoms with Crippen molar-refractivity contribution in [3.8, 4) is 5.75 Å². The topological polar surface area (TPSA) is 93.7 Å². The van der Waals surface area contributed by atoms with Crippen LogP contribution in [0, 0.1) is 10.1 Å². The van der Waals surface area contributed by atoms with Gasteiger partial charge < -0.3 is 14.5 Å². The number of halogens is 1. The average Bonchev–Trinajstić information content (AvgIpc) is 3.13. The molecule has 1 aliphatic rings. The molecule has 1 saturated heterocycles. The van der Waals surface area contributed by atoms with Crippen molar-refractivity contribution in [2.45, 2.75) is 32.4 Å². The SMILES string of the molecule is CCOc1cc(CN2CCC(Nc3nc4cc([N+](=O)[O-])ccc4o3)CC2)ccc1Cl. The fraction of sp³-hybridized carbons (Fsp3) is 0.381. The number of oxazole rings is 1. The van der Waals surface area contributed by atoms with E-state index in [-0.39, 0.29) is 11.7 Å². The molecule has 0 bridgehead atoms. The summed E-state index contributed by atoms with van der Waals surface area (Å²) < 4.78 is 11.3. The molecule has 30 heavy (non-hydrogen) atoms. The molecular formula is C21H23ClN4O4. The number of nitrogens with one attached hydrogen (secondary N) is 1. The number of ether oxygens (including phenoxy) is 1. The van der Waals surface area contributed by atoms with Crippen LogP contribution in [0.25, 0.3) is 11.1 Å². The minimum absolute atomic E-state index is 0.00496. The number of nitro benzene ring substituents is 1. The predicted molar refractivity (Wildman–Crippen MR) is 115 cm³/mol. The van der Waals surface area contributed by atoms with Crippen molar-refractivity contribution in [3.63, 3.8) is 0 Å². The maximum absolute atomic E-state index is 10.9. The van der Waals surface area contributed by atoms with Gasteiger partial charge in [-0.15, -0.1) is 0 Å². The summed E-state index contributed by atoms with van der Waals surface area (Å²) in [6.07, 6.45) is 1.90. The zero-order valence-corrected chi connectivity index (χ0v) is 17.4. The number of hydrogen-bond acceptors (Lipinski definition) is 7. The number of hydrogen-bond donors (Lipinski definition) is 1. The number of non-ortho nitro benzene ring substituents is 1. The molecule has 1 aromatic heterocycles. The molecule has 0 spiro atoms. The summed E-state index contributed by atoms with van der Waals surface area (Å²) in [7, 11) is 0. The van der Waals surface area contributed by atoms with E-state index in [0.717, 1.165) is 38.2 Å². The second-order valence-electron chi connectivity index (χ2n) is 7.32. The van der Waals surface area contributed by atoms with Crippen molar-refractivity contribution in [3.05, 3.63) is 57.1 Å². The molecule has 0 radical (unpaired) electrons. The normalized spacial score (nSPS) is 15.4. The fourth-order valence-corrected chi connectivity index (χ4v) is 3.84. The van der Waals surface area contributed by atoms with Crippen LogP contribution in [-0.2, 0) is 6.54 Å². The average molecular weight is 431 g/mol. The first-order chi connectivity index (χ1) is 14.5. The molecule has 0 aliphatic carbocycles. The highest BCUT2D eigenvalue weighted by Crippen LogP contribution is 2.28. The van der Waals surface area contributed by atoms with Crippen LogP contribution in [0.15, 0.2) is 40.8 Å². The number of anilines is 1. The van der Waals surface area contributed by atoms with Crippen molar-refractivity contribution in [2.75, 3.05) is 25.0 Å². The second kappa shape index (κ2) is 8.89. The van der Waals surface area contributed by atoms with E-state index in [1.165, 1.54) is 17.7 Å². The molecule has 9 heteroatoms. The summed E-state index contributed by atoms with van der Waals surface area (Å²) in [5, 5.41) is 14.9. The molecule has 0 saturated carbocycles. The number of nitrogens with zero attached hydrogens (tertiary/aromatic N) is 3. The second-order valence-corrected chi connectivity index (χ2v) is 7.73. The lowest BCUT2D eigenvalue weighted by molar-refractivity contribution is -0.384. The molecule has 1 N–H and O–H groups in total. The van der Waals surface area contributed by atoms with E-state index in [2.05, 4.69) is 15.2 Å². The van der Waals surface area contributed by atoms with Gasteiger partial charge in [0.15, 0.2) is 5.58 Å². The number of likely N-dealkylation sites (tertiary alicyclic amines) is 1. The van der Waals surface area contributed by atoms with E-state index >= 15 is 0 Å². The third kappa shape index (κ3) is 4.66. The van der Waals surface area contributed by atoms with Gasteiger partial charge in [0.05, 0.1) is 16.6 Å². The standard InChI is InChI=1S/C21H23ClN4O4/c1-2-29-20-11-14(3-5-17(20)22)13-25-9-7-15(8-10-25)23-21-24-18-12-16(26(27)28)4-6-19(18)30-21/h3-6,11-12,15H,2,7-10,13H2,1H3,(H,23,24). The van der Waals surface area contributed by atoms with Crippen molar-refractivity contribution >= 4 is 34.4 Å². The lowest BCUT2D eigenvalue weighted by Gasteiger charge is -2.32. The molecule has 2 heterocycles. The van der Waals surface area contributed by atoms with E-state index in [4.69, 9.17) is 20.8 Å². The Balaban J connectivity index is 1.33. The van der Waals surface area contributed by atoms with E-state index in [0.29, 0.717) is 28.7 Å². The zero-order chi connectivity index (χ0) is 21.1. The Kier molecular flexibility index (Phi) is 6.06. The summed E-state index contributed by atoms with van der Waals surface area (Å²) in [5.41, 5.74) is 2.20. The number of nitro groups is 1. The van der Waals surface area contributed by atoms with Crippen LogP contribution >= 0.6 is 11.6 Å². The van der Waals surface area contributed by atoms with Gasteiger partial charge in [0.2, 0.25) is 0 Å². The van der Waals surface area contributed by atoms with Crippen molar-refractivity contribution in [1.29, 1.82) is 0 Å². The van der Waals surface area contributed by atoms with Gasteiger partial charge in [-0.05, 0) is 43.5 Å². The Hall–Kier alpha value is -2.84. The third-order valence-electron chi connectivity index (χ3n) is 5.20. The van der Waals surface area contributed by atoms with E-state index < -0.39 is 4.92 Å². The van der Waals surface area contributed by atoms with E-state index in [1.54, 1.807) is 6.07 Å². The lowest BCUT2D eigenvalue weighted by Crippen LogP contribution is -2.38. The fourth-order valence-electron chi connectivity index (χ4n) is 3.67. The van der Waals surface area contributed by atoms with Crippen LogP contribution in [-0.4, -0.2) is 40.5 Å². The smallest absolute Gasteiger partial charge is 0.295 e. The quantitative estimate of drug-likeness (QED) is 0.422. The zero-order valence-electron chi connectivity index (χ0n) is 16.6. The largest absolute Gasteiger partial charge is 0.492 e. The van der Waals surface area contributed by atoms with Gasteiger partial charge in [-0.25, -0.2) is 0 Å². The van der Waals surface area contributed by atoms with Crippen LogP contribution in [0.4, 0.5) is 11.7 Å². The van der Waals surface area contributed by atoms with E-state index in [1.807, 2.05) is 25.1 Å². The molecule has 3 aromatic rings. The first-order valence-corrected chi connectivity index (χ1v) is 10.3. The van der Waals surface area contributed by atoms with Gasteiger partial charge >= 0.3 is 0 Å². The highest BCUT2D eigenvalue weighted by molar-refractivity contribution is 6.32. The van der Waals surface area contributed by atoms with Gasteiger partial charge in [-0.3, -0.25) is 15.0 Å². The Morgan fingerprint density at radius 3 is 2.83 bits per heavy atom. The van der Waals surface area contributed by atoms with Gasteiger partial charge in [0.1, 0.15) is 11.3 Å². The van der Waals surface area contributed by atoms with Crippen molar-refractivity contribution < 1.29 is 14.1 Å². The predicted octanol–water partition coefficient (Wildman–Crippen LogP) is 4.86. The summed E-state index contributed by atoms with van der Waals surface area (Å²) >= 11 is 6.17. The molecule has 0 unspecified atom stereocenters. The van der Waals surface area contributed by atoms with Crippen LogP contribution in [0.3, 0.4) is 0 Å². The first kappa shape index (κ1) is 20.4. The first-order valence-electron chi connectivity index (χ1n) is 9.97. The maximum atomic E-state index is 10.9. The molecule has 158 valence electrons. The minimum Gasteiger partial charge on any atom is -0.492 e. The van der Waals surface area contributed by atoms with Crippen LogP contribution in [0.5, 0.6) is 5.75 Å². The molecule has 0 amide bonds.